The number of halogens is 1. The first-order valence-electron chi connectivity index (χ1n) is 11.8. The van der Waals surface area contributed by atoms with Crippen molar-refractivity contribution in [3.63, 3.8) is 0 Å². The second-order valence-corrected chi connectivity index (χ2v) is 9.36. The molecule has 1 atom stereocenters. The zero-order valence-corrected chi connectivity index (χ0v) is 20.1. The summed E-state index contributed by atoms with van der Waals surface area (Å²) in [6.45, 7) is 3.33. The number of aryl methyl sites for hydroxylation is 1. The normalized spacial score (nSPS) is 15.3. The summed E-state index contributed by atoms with van der Waals surface area (Å²) < 4.78 is 0. The molecule has 1 aliphatic rings. The van der Waals surface area contributed by atoms with Crippen molar-refractivity contribution in [1.82, 2.24) is 9.97 Å². The molecule has 2 heterocycles. The van der Waals surface area contributed by atoms with E-state index in [-0.39, 0.29) is 6.42 Å². The summed E-state index contributed by atoms with van der Waals surface area (Å²) in [7, 11) is 0. The lowest BCUT2D eigenvalue weighted by molar-refractivity contribution is -0.137. The number of aliphatic hydroxyl groups excluding tert-OH is 1. The van der Waals surface area contributed by atoms with Gasteiger partial charge in [0, 0.05) is 42.1 Å². The van der Waals surface area contributed by atoms with Crippen LogP contribution in [0.3, 0.4) is 0 Å². The first-order chi connectivity index (χ1) is 16.4. The average Bonchev–Trinajstić information content (AvgIpc) is 2.81. The van der Waals surface area contributed by atoms with Gasteiger partial charge in [0.2, 0.25) is 0 Å². The Morgan fingerprint density at radius 3 is 2.26 bits per heavy atom. The molecule has 2 N–H and O–H groups in total. The number of aromatic nitrogens is 2. The number of carboxylic acids is 1. The van der Waals surface area contributed by atoms with E-state index in [2.05, 4.69) is 36.1 Å². The number of β-amino-alcohol motifs (C(OH)–C–C–N with tert-alkyl or cyclic N) is 1. The van der Waals surface area contributed by atoms with E-state index in [0.29, 0.717) is 24.4 Å². The number of benzene rings is 2. The van der Waals surface area contributed by atoms with Crippen LogP contribution in [0.4, 0.5) is 5.82 Å². The maximum absolute atomic E-state index is 10.7. The maximum Gasteiger partial charge on any atom is 0.303 e. The van der Waals surface area contributed by atoms with Crippen molar-refractivity contribution in [2.45, 2.75) is 51.6 Å². The molecule has 0 fully saturated rings. The van der Waals surface area contributed by atoms with Crippen LogP contribution in [-0.2, 0) is 11.2 Å². The quantitative estimate of drug-likeness (QED) is 0.392. The number of hydrogen-bond acceptors (Lipinski definition) is 5. The highest BCUT2D eigenvalue weighted by Crippen LogP contribution is 2.35. The van der Waals surface area contributed by atoms with Gasteiger partial charge in [-0.05, 0) is 31.9 Å². The third kappa shape index (κ3) is 5.93. The lowest BCUT2D eigenvalue weighted by Gasteiger charge is -2.33. The Kier molecular flexibility index (Phi) is 7.80. The third-order valence-electron chi connectivity index (χ3n) is 6.12. The molecule has 0 radical (unpaired) electrons. The van der Waals surface area contributed by atoms with Crippen molar-refractivity contribution in [1.29, 1.82) is 0 Å². The van der Waals surface area contributed by atoms with Gasteiger partial charge in [0.25, 0.3) is 0 Å². The fourth-order valence-electron chi connectivity index (χ4n) is 4.33. The number of anilines is 1. The Morgan fingerprint density at radius 2 is 1.59 bits per heavy atom. The van der Waals surface area contributed by atoms with E-state index in [1.165, 1.54) is 5.56 Å². The Labute approximate surface area is 205 Å². The minimum Gasteiger partial charge on any atom is -0.481 e. The van der Waals surface area contributed by atoms with Crippen LogP contribution in [0, 0.1) is 6.92 Å². The molecule has 1 unspecified atom stereocenters. The largest absolute Gasteiger partial charge is 0.481 e. The van der Waals surface area contributed by atoms with E-state index < -0.39 is 12.1 Å². The van der Waals surface area contributed by atoms with Gasteiger partial charge >= 0.3 is 5.97 Å². The molecule has 2 aromatic carbocycles. The summed E-state index contributed by atoms with van der Waals surface area (Å²) in [4.78, 5) is 23.0. The Bertz CT molecular complexity index is 1130. The standard InChI is InChI=1S/C27H30ClN3O3/c1-18-7-9-19(10-8-18)26-25(20-11-13-21(28)14-12-20)29-23-16-22(32)17-31(27(23)30-26)15-5-3-2-4-6-24(33)34/h7-14,22,32H,2-6,15-17H2,1H3,(H,33,34). The number of aliphatic carboxylic acids is 1. The second kappa shape index (κ2) is 11.0. The van der Waals surface area contributed by atoms with Crippen LogP contribution in [0.5, 0.6) is 0 Å². The number of aliphatic hydroxyl groups is 1. The molecule has 0 saturated carbocycles. The number of unbranched alkanes of at least 4 members (excludes halogenated alkanes) is 3. The lowest BCUT2D eigenvalue weighted by Crippen LogP contribution is -2.40. The van der Waals surface area contributed by atoms with E-state index in [1.807, 2.05) is 24.3 Å². The predicted octanol–water partition coefficient (Wildman–Crippen LogP) is 5.53. The number of nitrogens with zero attached hydrogens (tertiary/aromatic N) is 3. The summed E-state index contributed by atoms with van der Waals surface area (Å²) in [5.74, 6) is 0.0765. The monoisotopic (exact) mass is 479 g/mol. The molecule has 0 saturated heterocycles. The summed E-state index contributed by atoms with van der Waals surface area (Å²) in [5.41, 5.74) is 5.48. The number of carbonyl (C=O) groups is 1. The molecule has 34 heavy (non-hydrogen) atoms. The highest BCUT2D eigenvalue weighted by molar-refractivity contribution is 6.30. The molecule has 0 bridgehead atoms. The minimum atomic E-state index is -0.747. The molecule has 0 amide bonds. The van der Waals surface area contributed by atoms with Crippen molar-refractivity contribution in [2.24, 2.45) is 0 Å². The van der Waals surface area contributed by atoms with Gasteiger partial charge < -0.3 is 15.1 Å². The molecule has 0 aliphatic carbocycles. The van der Waals surface area contributed by atoms with E-state index in [9.17, 15) is 9.90 Å². The topological polar surface area (TPSA) is 86.6 Å². The molecular formula is C27H30ClN3O3. The second-order valence-electron chi connectivity index (χ2n) is 8.93. The van der Waals surface area contributed by atoms with Gasteiger partial charge in [0.05, 0.1) is 23.2 Å². The van der Waals surface area contributed by atoms with Crippen LogP contribution in [-0.4, -0.2) is 45.3 Å². The van der Waals surface area contributed by atoms with Gasteiger partial charge in [0.15, 0.2) is 5.82 Å². The number of fused-ring (bicyclic) bond motifs is 1. The summed E-state index contributed by atoms with van der Waals surface area (Å²) >= 11 is 6.12. The van der Waals surface area contributed by atoms with E-state index >= 15 is 0 Å². The SMILES string of the molecule is Cc1ccc(-c2nc3c(nc2-c2ccc(Cl)cc2)CC(O)CN3CCCCCCC(=O)O)cc1. The zero-order valence-electron chi connectivity index (χ0n) is 19.4. The fourth-order valence-corrected chi connectivity index (χ4v) is 4.46. The van der Waals surface area contributed by atoms with Crippen LogP contribution < -0.4 is 4.90 Å². The Balaban J connectivity index is 1.65. The third-order valence-corrected chi connectivity index (χ3v) is 6.37. The fraction of sp³-hybridized carbons (Fsp3) is 0.370. The summed E-state index contributed by atoms with van der Waals surface area (Å²) in [6, 6.07) is 15.9. The minimum absolute atomic E-state index is 0.212. The number of rotatable bonds is 9. The maximum atomic E-state index is 10.7. The van der Waals surface area contributed by atoms with E-state index in [4.69, 9.17) is 26.7 Å². The Morgan fingerprint density at radius 1 is 0.971 bits per heavy atom. The van der Waals surface area contributed by atoms with E-state index in [0.717, 1.165) is 59.8 Å². The van der Waals surface area contributed by atoms with Crippen LogP contribution in [0.2, 0.25) is 5.02 Å². The van der Waals surface area contributed by atoms with Crippen molar-refractivity contribution >= 4 is 23.4 Å². The molecular weight excluding hydrogens is 450 g/mol. The van der Waals surface area contributed by atoms with Gasteiger partial charge in [-0.2, -0.15) is 0 Å². The molecule has 7 heteroatoms. The van der Waals surface area contributed by atoms with Crippen LogP contribution >= 0.6 is 11.6 Å². The lowest BCUT2D eigenvalue weighted by atomic mass is 10.0. The van der Waals surface area contributed by atoms with Gasteiger partial charge in [-0.1, -0.05) is 66.4 Å². The van der Waals surface area contributed by atoms with Crippen molar-refractivity contribution in [3.05, 3.63) is 64.8 Å². The van der Waals surface area contributed by atoms with Crippen molar-refractivity contribution in [2.75, 3.05) is 18.0 Å². The zero-order chi connectivity index (χ0) is 24.1. The van der Waals surface area contributed by atoms with Gasteiger partial charge in [-0.25, -0.2) is 9.97 Å². The van der Waals surface area contributed by atoms with Crippen molar-refractivity contribution in [3.8, 4) is 22.5 Å². The predicted molar refractivity (Wildman–Crippen MR) is 135 cm³/mol. The van der Waals surface area contributed by atoms with E-state index in [1.54, 1.807) is 0 Å². The van der Waals surface area contributed by atoms with Gasteiger partial charge in [-0.15, -0.1) is 0 Å². The summed E-state index contributed by atoms with van der Waals surface area (Å²) in [6.07, 6.45) is 3.60. The average molecular weight is 480 g/mol. The highest BCUT2D eigenvalue weighted by Gasteiger charge is 2.28. The van der Waals surface area contributed by atoms with Crippen LogP contribution in [0.25, 0.3) is 22.5 Å². The number of hydrogen-bond donors (Lipinski definition) is 2. The van der Waals surface area contributed by atoms with Crippen LogP contribution in [0.15, 0.2) is 48.5 Å². The molecule has 6 nitrogen and oxygen atoms in total. The first kappa shape index (κ1) is 24.2. The molecule has 3 aromatic rings. The first-order valence-corrected chi connectivity index (χ1v) is 12.2. The number of carboxylic acid groups (broad SMARTS) is 1. The smallest absolute Gasteiger partial charge is 0.303 e. The molecule has 1 aromatic heterocycles. The van der Waals surface area contributed by atoms with Gasteiger partial charge in [0.1, 0.15) is 0 Å². The van der Waals surface area contributed by atoms with Crippen LogP contribution in [0.1, 0.15) is 43.4 Å². The summed E-state index contributed by atoms with van der Waals surface area (Å²) in [5, 5.41) is 20.0. The molecule has 1 aliphatic heterocycles. The van der Waals surface area contributed by atoms with Gasteiger partial charge in [-0.3, -0.25) is 4.79 Å². The highest BCUT2D eigenvalue weighted by atomic mass is 35.5. The molecule has 4 rings (SSSR count). The Hall–Kier alpha value is -2.96. The molecule has 178 valence electrons. The van der Waals surface area contributed by atoms with Crippen molar-refractivity contribution < 1.29 is 15.0 Å². The molecule has 0 spiro atoms.